The van der Waals surface area contributed by atoms with Gasteiger partial charge in [-0.2, -0.15) is 18.2 Å². The number of anilines is 1. The van der Waals surface area contributed by atoms with Gasteiger partial charge in [0.25, 0.3) is 5.56 Å². The van der Waals surface area contributed by atoms with E-state index < -0.39 is 18.3 Å². The fourth-order valence-corrected chi connectivity index (χ4v) is 2.63. The van der Waals surface area contributed by atoms with Crippen molar-refractivity contribution in [2.45, 2.75) is 25.7 Å². The van der Waals surface area contributed by atoms with Gasteiger partial charge in [-0.05, 0) is 30.7 Å². The molecule has 0 aliphatic heterocycles. The lowest BCUT2D eigenvalue weighted by molar-refractivity contribution is -0.140. The lowest BCUT2D eigenvalue weighted by Crippen LogP contribution is -2.28. The maximum absolute atomic E-state index is 12.8. The second-order valence-electron chi connectivity index (χ2n) is 5.76. The Kier molecular flexibility index (Phi) is 4.86. The molecule has 0 aliphatic carbocycles. The van der Waals surface area contributed by atoms with Crippen molar-refractivity contribution >= 4 is 28.6 Å². The molecular formula is C17H14ClF3N4O. The quantitative estimate of drug-likeness (QED) is 0.735. The lowest BCUT2D eigenvalue weighted by Gasteiger charge is -2.16. The van der Waals surface area contributed by atoms with Gasteiger partial charge in [0.15, 0.2) is 0 Å². The summed E-state index contributed by atoms with van der Waals surface area (Å²) >= 11 is 5.86. The number of fused-ring (bicyclic) bond motifs is 1. The Morgan fingerprint density at radius 3 is 2.54 bits per heavy atom. The van der Waals surface area contributed by atoms with Gasteiger partial charge in [-0.25, -0.2) is 4.98 Å². The summed E-state index contributed by atoms with van der Waals surface area (Å²) in [6.45, 7) is 0.441. The van der Waals surface area contributed by atoms with Gasteiger partial charge in [0.05, 0.1) is 6.04 Å². The molecule has 0 spiro atoms. The highest BCUT2D eigenvalue weighted by Gasteiger charge is 2.29. The van der Waals surface area contributed by atoms with Gasteiger partial charge in [-0.15, -0.1) is 0 Å². The van der Waals surface area contributed by atoms with Gasteiger partial charge in [-0.1, -0.05) is 23.7 Å². The van der Waals surface area contributed by atoms with Crippen molar-refractivity contribution in [2.24, 2.45) is 0 Å². The van der Waals surface area contributed by atoms with Crippen LogP contribution in [-0.4, -0.2) is 20.7 Å². The van der Waals surface area contributed by atoms with E-state index in [4.69, 9.17) is 11.6 Å². The van der Waals surface area contributed by atoms with E-state index in [2.05, 4.69) is 15.3 Å². The van der Waals surface area contributed by atoms with Crippen LogP contribution in [0.1, 0.15) is 18.5 Å². The number of alkyl halides is 3. The molecule has 26 heavy (non-hydrogen) atoms. The number of halogens is 4. The van der Waals surface area contributed by atoms with Crippen molar-refractivity contribution in [3.8, 4) is 0 Å². The molecule has 0 aliphatic rings. The molecule has 1 unspecified atom stereocenters. The summed E-state index contributed by atoms with van der Waals surface area (Å²) in [6, 6.07) is 9.37. The Morgan fingerprint density at radius 2 is 1.88 bits per heavy atom. The average Bonchev–Trinajstić information content (AvgIpc) is 2.57. The molecule has 3 rings (SSSR count). The number of rotatable bonds is 4. The Balaban J connectivity index is 1.96. The van der Waals surface area contributed by atoms with Gasteiger partial charge < -0.3 is 5.32 Å². The summed E-state index contributed by atoms with van der Waals surface area (Å²) in [7, 11) is 0. The first-order chi connectivity index (χ1) is 12.2. The minimum atomic E-state index is -4.53. The topological polar surface area (TPSA) is 59.8 Å². The maximum atomic E-state index is 12.8. The fourth-order valence-electron chi connectivity index (χ4n) is 2.50. The maximum Gasteiger partial charge on any atom is 0.406 e. The zero-order chi connectivity index (χ0) is 18.9. The molecule has 0 bridgehead atoms. The standard InChI is InChI=1S/C17H14ClF3N4O/c1-10(11-2-5-13(18)6-3-11)23-16-22-8-12-4-7-14(26)25(15(12)24-16)9-17(19,20)21/h2-8,10H,9H2,1H3,(H,22,23,24). The second kappa shape index (κ2) is 6.95. The highest BCUT2D eigenvalue weighted by molar-refractivity contribution is 6.30. The highest BCUT2D eigenvalue weighted by Crippen LogP contribution is 2.22. The van der Waals surface area contributed by atoms with Crippen LogP contribution in [0.3, 0.4) is 0 Å². The predicted octanol–water partition coefficient (Wildman–Crippen LogP) is 4.18. The van der Waals surface area contributed by atoms with Crippen LogP contribution in [0.15, 0.2) is 47.4 Å². The largest absolute Gasteiger partial charge is 0.406 e. The highest BCUT2D eigenvalue weighted by atomic mass is 35.5. The number of nitrogens with zero attached hydrogens (tertiary/aromatic N) is 3. The number of aromatic nitrogens is 3. The van der Waals surface area contributed by atoms with Crippen LogP contribution in [0, 0.1) is 0 Å². The normalized spacial score (nSPS) is 13.0. The van der Waals surface area contributed by atoms with E-state index in [0.717, 1.165) is 11.6 Å². The van der Waals surface area contributed by atoms with Gasteiger partial charge in [0, 0.05) is 22.7 Å². The summed E-state index contributed by atoms with van der Waals surface area (Å²) in [6.07, 6.45) is -3.15. The van der Waals surface area contributed by atoms with Crippen molar-refractivity contribution in [1.29, 1.82) is 0 Å². The van der Waals surface area contributed by atoms with Crippen molar-refractivity contribution in [3.63, 3.8) is 0 Å². The summed E-state index contributed by atoms with van der Waals surface area (Å²) in [5.74, 6) is 0.126. The number of pyridine rings is 1. The first-order valence-corrected chi connectivity index (χ1v) is 8.06. The van der Waals surface area contributed by atoms with Gasteiger partial charge in [-0.3, -0.25) is 9.36 Å². The minimum Gasteiger partial charge on any atom is -0.348 e. The van der Waals surface area contributed by atoms with Crippen LogP contribution in [0.25, 0.3) is 11.0 Å². The van der Waals surface area contributed by atoms with Crippen LogP contribution < -0.4 is 10.9 Å². The minimum absolute atomic E-state index is 0.0735. The molecule has 2 heterocycles. The van der Waals surface area contributed by atoms with E-state index in [-0.39, 0.29) is 17.6 Å². The molecule has 136 valence electrons. The van der Waals surface area contributed by atoms with E-state index >= 15 is 0 Å². The van der Waals surface area contributed by atoms with Crippen LogP contribution in [0.5, 0.6) is 0 Å². The number of hydrogen-bond acceptors (Lipinski definition) is 4. The number of hydrogen-bond donors (Lipinski definition) is 1. The Hall–Kier alpha value is -2.61. The fraction of sp³-hybridized carbons (Fsp3) is 0.235. The lowest BCUT2D eigenvalue weighted by atomic mass is 10.1. The van der Waals surface area contributed by atoms with Crippen LogP contribution >= 0.6 is 11.6 Å². The van der Waals surface area contributed by atoms with Crippen molar-refractivity contribution in [2.75, 3.05) is 5.32 Å². The molecule has 5 nitrogen and oxygen atoms in total. The molecule has 1 atom stereocenters. The van der Waals surface area contributed by atoms with Gasteiger partial charge in [0.2, 0.25) is 5.95 Å². The van der Waals surface area contributed by atoms with E-state index in [1.165, 1.54) is 12.3 Å². The first kappa shape index (κ1) is 18.2. The van der Waals surface area contributed by atoms with Crippen molar-refractivity contribution in [1.82, 2.24) is 14.5 Å². The molecular weight excluding hydrogens is 369 g/mol. The zero-order valence-electron chi connectivity index (χ0n) is 13.6. The molecule has 0 fully saturated rings. The molecule has 0 radical (unpaired) electrons. The monoisotopic (exact) mass is 382 g/mol. The molecule has 1 aromatic carbocycles. The molecule has 3 aromatic rings. The van der Waals surface area contributed by atoms with E-state index in [9.17, 15) is 18.0 Å². The van der Waals surface area contributed by atoms with Crippen LogP contribution in [0.4, 0.5) is 19.1 Å². The summed E-state index contributed by atoms with van der Waals surface area (Å²) in [5.41, 5.74) is 0.0553. The average molecular weight is 383 g/mol. The Bertz CT molecular complexity index is 986. The van der Waals surface area contributed by atoms with Crippen molar-refractivity contribution < 1.29 is 13.2 Å². The summed E-state index contributed by atoms with van der Waals surface area (Å²) in [5, 5.41) is 3.96. The van der Waals surface area contributed by atoms with Crippen molar-refractivity contribution in [3.05, 3.63) is 63.5 Å². The number of benzene rings is 1. The zero-order valence-corrected chi connectivity index (χ0v) is 14.3. The second-order valence-corrected chi connectivity index (χ2v) is 6.20. The third kappa shape index (κ3) is 4.13. The summed E-state index contributed by atoms with van der Waals surface area (Å²) in [4.78, 5) is 20.1. The molecule has 9 heteroatoms. The van der Waals surface area contributed by atoms with Gasteiger partial charge >= 0.3 is 6.18 Å². The van der Waals surface area contributed by atoms with E-state index in [1.807, 2.05) is 19.1 Å². The van der Waals surface area contributed by atoms with Gasteiger partial charge in [0.1, 0.15) is 12.2 Å². The smallest absolute Gasteiger partial charge is 0.348 e. The third-order valence-corrected chi connectivity index (χ3v) is 4.03. The SMILES string of the molecule is CC(Nc1ncc2ccc(=O)n(CC(F)(F)F)c2n1)c1ccc(Cl)cc1. The Labute approximate surface area is 151 Å². The summed E-state index contributed by atoms with van der Waals surface area (Å²) < 4.78 is 38.9. The molecule has 0 amide bonds. The molecule has 0 saturated heterocycles. The number of nitrogens with one attached hydrogen (secondary N) is 1. The molecule has 2 aromatic heterocycles. The third-order valence-electron chi connectivity index (χ3n) is 3.78. The van der Waals surface area contributed by atoms with E-state index in [0.29, 0.717) is 15.0 Å². The van der Waals surface area contributed by atoms with E-state index in [1.54, 1.807) is 12.1 Å². The predicted molar refractivity (Wildman–Crippen MR) is 93.3 cm³/mol. The van der Waals surface area contributed by atoms with Crippen LogP contribution in [-0.2, 0) is 6.54 Å². The Morgan fingerprint density at radius 1 is 1.19 bits per heavy atom. The molecule has 0 saturated carbocycles. The molecule has 1 N–H and O–H groups in total. The van der Waals surface area contributed by atoms with Crippen LogP contribution in [0.2, 0.25) is 5.02 Å². The first-order valence-electron chi connectivity index (χ1n) is 7.68.